The van der Waals surface area contributed by atoms with Crippen molar-refractivity contribution < 1.29 is 9.94 Å². The first-order valence-corrected chi connectivity index (χ1v) is 6.18. The van der Waals surface area contributed by atoms with Gasteiger partial charge < -0.3 is 21.0 Å². The van der Waals surface area contributed by atoms with E-state index in [0.29, 0.717) is 17.9 Å². The molecule has 0 atom stereocenters. The lowest BCUT2D eigenvalue weighted by Gasteiger charge is -2.11. The molecule has 5 nitrogen and oxygen atoms in total. The van der Waals surface area contributed by atoms with Crippen LogP contribution in [0.15, 0.2) is 53.7 Å². The number of rotatable bonds is 5. The van der Waals surface area contributed by atoms with Crippen molar-refractivity contribution in [1.29, 1.82) is 0 Å². The van der Waals surface area contributed by atoms with Gasteiger partial charge in [0.15, 0.2) is 5.84 Å². The summed E-state index contributed by atoms with van der Waals surface area (Å²) in [6.45, 7) is 0.639. The van der Waals surface area contributed by atoms with E-state index < -0.39 is 0 Å². The number of nitrogens with two attached hydrogens (primary N) is 1. The van der Waals surface area contributed by atoms with Crippen LogP contribution in [0.5, 0.6) is 5.75 Å². The summed E-state index contributed by atoms with van der Waals surface area (Å²) in [6.07, 6.45) is 0. The molecule has 0 aliphatic heterocycles. The number of nitrogens with zero attached hydrogens (tertiary/aromatic N) is 1. The van der Waals surface area contributed by atoms with E-state index in [0.717, 1.165) is 11.3 Å². The number of methoxy groups -OCH3 is 1. The number of ether oxygens (including phenoxy) is 1. The van der Waals surface area contributed by atoms with Crippen LogP contribution in [0.25, 0.3) is 0 Å². The fourth-order valence-corrected chi connectivity index (χ4v) is 1.88. The minimum Gasteiger partial charge on any atom is -0.496 e. The van der Waals surface area contributed by atoms with E-state index in [1.807, 2.05) is 42.5 Å². The van der Waals surface area contributed by atoms with Gasteiger partial charge in [-0.25, -0.2) is 0 Å². The van der Waals surface area contributed by atoms with Gasteiger partial charge in [-0.15, -0.1) is 0 Å². The number of oxime groups is 1. The van der Waals surface area contributed by atoms with E-state index >= 15 is 0 Å². The predicted molar refractivity (Wildman–Crippen MR) is 79.3 cm³/mol. The number of benzene rings is 2. The molecule has 0 amide bonds. The molecule has 0 saturated carbocycles. The third kappa shape index (κ3) is 3.20. The zero-order valence-electron chi connectivity index (χ0n) is 11.2. The molecule has 2 rings (SSSR count). The van der Waals surface area contributed by atoms with Crippen molar-refractivity contribution in [2.24, 2.45) is 10.9 Å². The molecule has 0 heterocycles. The Morgan fingerprint density at radius 2 is 2.00 bits per heavy atom. The van der Waals surface area contributed by atoms with Crippen molar-refractivity contribution in [3.05, 3.63) is 59.7 Å². The predicted octanol–water partition coefficient (Wildman–Crippen LogP) is 2.40. The summed E-state index contributed by atoms with van der Waals surface area (Å²) < 4.78 is 5.19. The minimum atomic E-state index is 0.0309. The fraction of sp³-hybridized carbons (Fsp3) is 0.133. The lowest BCUT2D eigenvalue weighted by Crippen LogP contribution is -2.15. The van der Waals surface area contributed by atoms with E-state index in [1.54, 1.807) is 13.2 Å². The van der Waals surface area contributed by atoms with Crippen LogP contribution in [-0.2, 0) is 6.54 Å². The second-order valence-corrected chi connectivity index (χ2v) is 4.24. The highest BCUT2D eigenvalue weighted by Gasteiger charge is 2.08. The van der Waals surface area contributed by atoms with E-state index in [-0.39, 0.29) is 5.84 Å². The van der Waals surface area contributed by atoms with E-state index in [9.17, 15) is 0 Å². The van der Waals surface area contributed by atoms with Gasteiger partial charge in [-0.2, -0.15) is 0 Å². The molecule has 0 aliphatic rings. The average molecular weight is 271 g/mol. The van der Waals surface area contributed by atoms with E-state index in [4.69, 9.17) is 15.7 Å². The third-order valence-corrected chi connectivity index (χ3v) is 2.92. The molecule has 20 heavy (non-hydrogen) atoms. The number of para-hydroxylation sites is 1. The summed E-state index contributed by atoms with van der Waals surface area (Å²) >= 11 is 0. The van der Waals surface area contributed by atoms with E-state index in [2.05, 4.69) is 10.5 Å². The first kappa shape index (κ1) is 13.7. The van der Waals surface area contributed by atoms with Crippen molar-refractivity contribution >= 4 is 11.5 Å². The topological polar surface area (TPSA) is 79.9 Å². The molecule has 0 aliphatic carbocycles. The van der Waals surface area contributed by atoms with Crippen LogP contribution in [0.3, 0.4) is 0 Å². The van der Waals surface area contributed by atoms with Gasteiger partial charge in [0.05, 0.1) is 12.7 Å². The van der Waals surface area contributed by atoms with Crippen molar-refractivity contribution in [2.45, 2.75) is 6.54 Å². The summed E-state index contributed by atoms with van der Waals surface area (Å²) in [6, 6.07) is 15.5. The molecule has 2 aromatic carbocycles. The maximum Gasteiger partial charge on any atom is 0.173 e. The molecule has 0 unspecified atom stereocenters. The standard InChI is InChI=1S/C15H17N3O2/c1-20-14-8-7-11(9-13(14)15(16)18-19)10-17-12-5-3-2-4-6-12/h2-9,17,19H,10H2,1H3,(H2,16,18). The van der Waals surface area contributed by atoms with Crippen molar-refractivity contribution in [2.75, 3.05) is 12.4 Å². The highest BCUT2D eigenvalue weighted by Crippen LogP contribution is 2.20. The van der Waals surface area contributed by atoms with Gasteiger partial charge in [0.2, 0.25) is 0 Å². The van der Waals surface area contributed by atoms with Crippen molar-refractivity contribution in [3.63, 3.8) is 0 Å². The number of hydrogen-bond acceptors (Lipinski definition) is 4. The van der Waals surface area contributed by atoms with Gasteiger partial charge in [0.25, 0.3) is 0 Å². The molecule has 5 heteroatoms. The molecular weight excluding hydrogens is 254 g/mol. The Hall–Kier alpha value is -2.69. The van der Waals surface area contributed by atoms with Crippen molar-refractivity contribution in [3.8, 4) is 5.75 Å². The Morgan fingerprint density at radius 1 is 1.25 bits per heavy atom. The Kier molecular flexibility index (Phi) is 4.44. The van der Waals surface area contributed by atoms with Crippen LogP contribution in [-0.4, -0.2) is 18.2 Å². The lowest BCUT2D eigenvalue weighted by molar-refractivity contribution is 0.318. The highest BCUT2D eigenvalue weighted by molar-refractivity contribution is 5.99. The van der Waals surface area contributed by atoms with Crippen LogP contribution in [0, 0.1) is 0 Å². The smallest absolute Gasteiger partial charge is 0.173 e. The maximum atomic E-state index is 8.80. The lowest BCUT2D eigenvalue weighted by atomic mass is 10.1. The van der Waals surface area contributed by atoms with Crippen LogP contribution >= 0.6 is 0 Å². The zero-order valence-corrected chi connectivity index (χ0v) is 11.2. The molecule has 4 N–H and O–H groups in total. The molecule has 0 spiro atoms. The fourth-order valence-electron chi connectivity index (χ4n) is 1.88. The summed E-state index contributed by atoms with van der Waals surface area (Å²) in [7, 11) is 1.55. The molecule has 0 fully saturated rings. The molecule has 104 valence electrons. The van der Waals surface area contributed by atoms with Crippen LogP contribution in [0.1, 0.15) is 11.1 Å². The quantitative estimate of drug-likeness (QED) is 0.337. The number of amidine groups is 1. The van der Waals surface area contributed by atoms with Crippen LogP contribution in [0.2, 0.25) is 0 Å². The van der Waals surface area contributed by atoms with Gasteiger partial charge in [-0.05, 0) is 29.8 Å². The Labute approximate surface area is 117 Å². The average Bonchev–Trinajstić information content (AvgIpc) is 2.52. The van der Waals surface area contributed by atoms with Gasteiger partial charge in [-0.1, -0.05) is 29.4 Å². The second kappa shape index (κ2) is 6.47. The van der Waals surface area contributed by atoms with Crippen molar-refractivity contribution in [1.82, 2.24) is 0 Å². The molecule has 0 saturated heterocycles. The van der Waals surface area contributed by atoms with E-state index in [1.165, 1.54) is 0 Å². The minimum absolute atomic E-state index is 0.0309. The normalized spacial score (nSPS) is 11.2. The maximum absolute atomic E-state index is 8.80. The number of hydrogen-bond donors (Lipinski definition) is 3. The second-order valence-electron chi connectivity index (χ2n) is 4.24. The monoisotopic (exact) mass is 271 g/mol. The summed E-state index contributed by atoms with van der Waals surface area (Å²) in [5, 5.41) is 15.1. The summed E-state index contributed by atoms with van der Waals surface area (Å²) in [5.74, 6) is 0.604. The van der Waals surface area contributed by atoms with Gasteiger partial charge in [0, 0.05) is 12.2 Å². The SMILES string of the molecule is COc1ccc(CNc2ccccc2)cc1C(N)=NO. The Bertz CT molecular complexity index is 597. The van der Waals surface area contributed by atoms with Crippen LogP contribution < -0.4 is 15.8 Å². The first-order chi connectivity index (χ1) is 9.74. The summed E-state index contributed by atoms with van der Waals surface area (Å²) in [5.41, 5.74) is 8.26. The molecule has 0 bridgehead atoms. The van der Waals surface area contributed by atoms with Gasteiger partial charge >= 0.3 is 0 Å². The number of anilines is 1. The van der Waals surface area contributed by atoms with Gasteiger partial charge in [0.1, 0.15) is 5.75 Å². The Balaban J connectivity index is 2.17. The third-order valence-electron chi connectivity index (χ3n) is 2.92. The van der Waals surface area contributed by atoms with Crippen LogP contribution in [0.4, 0.5) is 5.69 Å². The molecular formula is C15H17N3O2. The Morgan fingerprint density at radius 3 is 2.65 bits per heavy atom. The molecule has 2 aromatic rings. The van der Waals surface area contributed by atoms with Gasteiger partial charge in [-0.3, -0.25) is 0 Å². The first-order valence-electron chi connectivity index (χ1n) is 6.18. The highest BCUT2D eigenvalue weighted by atomic mass is 16.5. The number of nitrogens with one attached hydrogen (secondary N) is 1. The largest absolute Gasteiger partial charge is 0.496 e. The zero-order chi connectivity index (χ0) is 14.4. The summed E-state index contributed by atoms with van der Waals surface area (Å²) in [4.78, 5) is 0. The molecule has 0 aromatic heterocycles. The molecule has 0 radical (unpaired) electrons.